The van der Waals surface area contributed by atoms with Crippen LogP contribution in [0.3, 0.4) is 0 Å². The number of benzene rings is 1. The molecule has 2 aromatic rings. The number of fused-ring (bicyclic) bond motifs is 6. The Balaban J connectivity index is 0.00000210. The van der Waals surface area contributed by atoms with Gasteiger partial charge in [-0.2, -0.15) is 0 Å². The smallest absolute Gasteiger partial charge is 0.545 e. The van der Waals surface area contributed by atoms with Crippen LogP contribution in [-0.2, 0) is 28.7 Å². The third kappa shape index (κ3) is 3.41. The van der Waals surface area contributed by atoms with Crippen LogP contribution in [0.5, 0.6) is 0 Å². The number of carboxylic acid groups (broad SMARTS) is 1. The number of nitrogens with one attached hydrogen (secondary N) is 1. The Kier molecular flexibility index (Phi) is 5.39. The summed E-state index contributed by atoms with van der Waals surface area (Å²) >= 11 is -1.89. The van der Waals surface area contributed by atoms with Crippen molar-refractivity contribution in [1.29, 1.82) is 0 Å². The van der Waals surface area contributed by atoms with Gasteiger partial charge in [-0.1, -0.05) is 0 Å². The Hall–Kier alpha value is -1.10. The Bertz CT molecular complexity index is 948. The summed E-state index contributed by atoms with van der Waals surface area (Å²) in [5.41, 5.74) is 2.35. The number of hydrogen-bond acceptors (Lipinski definition) is 5. The predicted octanol–water partition coefficient (Wildman–Crippen LogP) is -1.27. The molecule has 3 unspecified atom stereocenters. The first-order valence-corrected chi connectivity index (χ1v) is 9.97. The maximum Gasteiger partial charge on any atom is 1.00 e. The quantitative estimate of drug-likeness (QED) is 0.670. The normalized spacial score (nSPS) is 22.4. The number of carboxylic acids is 1. The van der Waals surface area contributed by atoms with E-state index in [9.17, 15) is 14.1 Å². The van der Waals surface area contributed by atoms with Crippen molar-refractivity contribution in [3.8, 4) is 0 Å². The zero-order valence-corrected chi connectivity index (χ0v) is 17.2. The van der Waals surface area contributed by atoms with Crippen molar-refractivity contribution in [3.63, 3.8) is 0 Å². The standard InChI is InChI=1S/C19H24N2O4S.Li/c1-19(2,3)25-26(24)14-8-7-12-16(17(14)18(22)23)15-11-6-5-10(20-11)9-13(15)21(12)4;/h7-8,10-11,20H,5-6,9H2,1-4H3,(H,22,23);/q;+1/p-1. The van der Waals surface area contributed by atoms with E-state index in [1.807, 2.05) is 13.1 Å². The Labute approximate surface area is 173 Å². The molecule has 0 saturated carbocycles. The van der Waals surface area contributed by atoms with E-state index in [2.05, 4.69) is 9.88 Å². The summed E-state index contributed by atoms with van der Waals surface area (Å²) in [6.07, 6.45) is 2.94. The molecule has 140 valence electrons. The number of carbonyl (C=O) groups excluding carboxylic acids is 1. The third-order valence-corrected chi connectivity index (χ3v) is 6.58. The van der Waals surface area contributed by atoms with Gasteiger partial charge in [-0.05, 0) is 51.3 Å². The Morgan fingerprint density at radius 3 is 2.67 bits per heavy atom. The summed E-state index contributed by atoms with van der Waals surface area (Å²) in [5, 5.41) is 16.3. The Morgan fingerprint density at radius 2 is 2.04 bits per heavy atom. The van der Waals surface area contributed by atoms with E-state index in [0.717, 1.165) is 36.0 Å². The minimum absolute atomic E-state index is 0. The number of hydrogen-bond donors (Lipinski definition) is 1. The Morgan fingerprint density at radius 1 is 1.33 bits per heavy atom. The van der Waals surface area contributed by atoms with Gasteiger partial charge in [0.1, 0.15) is 0 Å². The van der Waals surface area contributed by atoms with Crippen molar-refractivity contribution in [3.05, 3.63) is 29.0 Å². The molecule has 3 atom stereocenters. The van der Waals surface area contributed by atoms with Crippen LogP contribution < -0.4 is 29.3 Å². The fourth-order valence-corrected chi connectivity index (χ4v) is 5.35. The molecule has 1 saturated heterocycles. The van der Waals surface area contributed by atoms with E-state index in [0.29, 0.717) is 11.4 Å². The van der Waals surface area contributed by atoms with Crippen molar-refractivity contribution < 1.29 is 37.2 Å². The zero-order chi connectivity index (χ0) is 18.8. The molecule has 1 aromatic carbocycles. The largest absolute Gasteiger partial charge is 1.00 e. The fraction of sp³-hybridized carbons (Fsp3) is 0.526. The fourth-order valence-electron chi connectivity index (χ4n) is 4.27. The van der Waals surface area contributed by atoms with Gasteiger partial charge in [-0.15, -0.1) is 0 Å². The molecule has 0 spiro atoms. The van der Waals surface area contributed by atoms with Crippen LogP contribution in [0.15, 0.2) is 17.0 Å². The van der Waals surface area contributed by atoms with Crippen LogP contribution in [0, 0.1) is 0 Å². The minimum atomic E-state index is -1.89. The van der Waals surface area contributed by atoms with E-state index in [1.165, 1.54) is 0 Å². The molecule has 2 aliphatic rings. The number of aromatic carboxylic acids is 1. The van der Waals surface area contributed by atoms with Gasteiger partial charge in [0.2, 0.25) is 0 Å². The van der Waals surface area contributed by atoms with Crippen molar-refractivity contribution in [2.45, 2.75) is 62.6 Å². The van der Waals surface area contributed by atoms with Crippen LogP contribution in [-0.4, -0.2) is 26.4 Å². The van der Waals surface area contributed by atoms with Crippen LogP contribution >= 0.6 is 0 Å². The van der Waals surface area contributed by atoms with Gasteiger partial charge < -0.3 is 19.8 Å². The molecule has 0 aliphatic carbocycles. The molecular formula is C19H23LiN2O4S. The first-order chi connectivity index (χ1) is 12.2. The van der Waals surface area contributed by atoms with Crippen LogP contribution in [0.1, 0.15) is 61.3 Å². The molecule has 1 aromatic heterocycles. The monoisotopic (exact) mass is 382 g/mol. The summed E-state index contributed by atoms with van der Waals surface area (Å²) in [5.74, 6) is -1.31. The van der Waals surface area contributed by atoms with Gasteiger partial charge in [0, 0.05) is 47.7 Å². The number of aryl methyl sites for hydroxylation is 1. The van der Waals surface area contributed by atoms with Gasteiger partial charge in [-0.3, -0.25) is 4.18 Å². The number of carbonyl (C=O) groups is 1. The van der Waals surface area contributed by atoms with Gasteiger partial charge in [0.25, 0.3) is 0 Å². The first kappa shape index (κ1) is 20.6. The van der Waals surface area contributed by atoms with Crippen LogP contribution in [0.2, 0.25) is 0 Å². The molecule has 27 heavy (non-hydrogen) atoms. The van der Waals surface area contributed by atoms with Crippen LogP contribution in [0.25, 0.3) is 10.9 Å². The topological polar surface area (TPSA) is 83.4 Å². The average Bonchev–Trinajstić information content (AvgIpc) is 3.05. The van der Waals surface area contributed by atoms with Crippen molar-refractivity contribution in [2.75, 3.05) is 0 Å². The second kappa shape index (κ2) is 7.05. The zero-order valence-electron chi connectivity index (χ0n) is 16.4. The van der Waals surface area contributed by atoms with Gasteiger partial charge in [0.15, 0.2) is 11.1 Å². The van der Waals surface area contributed by atoms with Crippen molar-refractivity contribution >= 4 is 28.0 Å². The van der Waals surface area contributed by atoms with Gasteiger partial charge in [-0.25, -0.2) is 4.21 Å². The molecule has 8 heteroatoms. The summed E-state index contributed by atoms with van der Waals surface area (Å²) in [7, 11) is 1.97. The molecular weight excluding hydrogens is 359 g/mol. The molecule has 1 N–H and O–H groups in total. The molecule has 1 fully saturated rings. The van der Waals surface area contributed by atoms with E-state index >= 15 is 0 Å². The van der Waals surface area contributed by atoms with E-state index in [1.54, 1.807) is 26.8 Å². The number of aromatic nitrogens is 1. The predicted molar refractivity (Wildman–Crippen MR) is 97.1 cm³/mol. The maximum absolute atomic E-state index is 12.7. The van der Waals surface area contributed by atoms with Crippen molar-refractivity contribution in [1.82, 2.24) is 9.88 Å². The minimum Gasteiger partial charge on any atom is -0.545 e. The average molecular weight is 382 g/mol. The summed E-state index contributed by atoms with van der Waals surface area (Å²) in [6.45, 7) is 5.36. The summed E-state index contributed by atoms with van der Waals surface area (Å²) in [4.78, 5) is 12.2. The second-order valence-electron chi connectivity index (χ2n) is 8.17. The van der Waals surface area contributed by atoms with Gasteiger partial charge in [0.05, 0.1) is 16.5 Å². The molecule has 4 rings (SSSR count). The SMILES string of the molecule is Cn1c2c(c3c(C(=O)[O-])c(S(=O)OC(C)(C)C)ccc31)C1CCC(C2)N1.[Li+]. The molecule has 2 aliphatic heterocycles. The van der Waals surface area contributed by atoms with Crippen molar-refractivity contribution in [2.24, 2.45) is 7.05 Å². The maximum atomic E-state index is 12.7. The molecule has 2 bridgehead atoms. The molecule has 0 radical (unpaired) electrons. The second-order valence-corrected chi connectivity index (χ2v) is 9.24. The summed E-state index contributed by atoms with van der Waals surface area (Å²) in [6, 6.07) is 4.01. The summed E-state index contributed by atoms with van der Waals surface area (Å²) < 4.78 is 20.3. The molecule has 0 amide bonds. The third-order valence-electron chi connectivity index (χ3n) is 5.23. The molecule has 6 nitrogen and oxygen atoms in total. The van der Waals surface area contributed by atoms with Crippen LogP contribution in [0.4, 0.5) is 0 Å². The van der Waals surface area contributed by atoms with E-state index < -0.39 is 22.7 Å². The number of nitrogens with zero attached hydrogens (tertiary/aromatic N) is 1. The van der Waals surface area contributed by atoms with E-state index in [4.69, 9.17) is 4.18 Å². The first-order valence-electron chi connectivity index (χ1n) is 8.90. The number of rotatable bonds is 3. The van der Waals surface area contributed by atoms with E-state index in [-0.39, 0.29) is 35.4 Å². The van der Waals surface area contributed by atoms with Gasteiger partial charge >= 0.3 is 18.9 Å². The molecule has 3 heterocycles.